The lowest BCUT2D eigenvalue weighted by atomic mass is 9.99. The maximum Gasteiger partial charge on any atom is 0.224 e. The number of ether oxygens (including phenoxy) is 1. The van der Waals surface area contributed by atoms with Crippen LogP contribution in [0.15, 0.2) is 18.2 Å². The molecule has 1 unspecified atom stereocenters. The first-order valence-electron chi connectivity index (χ1n) is 7.76. The fraction of sp³-hybridized carbons (Fsp3) is 0.529. The van der Waals surface area contributed by atoms with Crippen molar-refractivity contribution in [1.29, 1.82) is 0 Å². The van der Waals surface area contributed by atoms with E-state index in [1.54, 1.807) is 23.1 Å². The molecule has 5 heteroatoms. The van der Waals surface area contributed by atoms with Gasteiger partial charge in [-0.25, -0.2) is 0 Å². The van der Waals surface area contributed by atoms with Crippen molar-refractivity contribution in [3.63, 3.8) is 0 Å². The van der Waals surface area contributed by atoms with Gasteiger partial charge in [0.15, 0.2) is 5.78 Å². The molecule has 1 fully saturated rings. The number of anilines is 1. The van der Waals surface area contributed by atoms with Gasteiger partial charge < -0.3 is 15.0 Å². The van der Waals surface area contributed by atoms with E-state index in [4.69, 9.17) is 4.74 Å². The zero-order chi connectivity index (χ0) is 15.9. The number of carbonyl (C=O) groups is 2. The van der Waals surface area contributed by atoms with E-state index in [1.807, 2.05) is 13.8 Å². The number of hydrogen-bond acceptors (Lipinski definition) is 4. The van der Waals surface area contributed by atoms with E-state index < -0.39 is 5.60 Å². The average molecular weight is 302 g/mol. The summed E-state index contributed by atoms with van der Waals surface area (Å²) in [5.74, 6) is 0.706. The van der Waals surface area contributed by atoms with Crippen molar-refractivity contribution in [2.45, 2.75) is 45.3 Å². The number of carbonyl (C=O) groups excluding carboxylic acids is 2. The average Bonchev–Trinajstić information content (AvgIpc) is 2.98. The lowest BCUT2D eigenvalue weighted by molar-refractivity contribution is -0.117. The summed E-state index contributed by atoms with van der Waals surface area (Å²) in [6.45, 7) is 6.81. The highest BCUT2D eigenvalue weighted by Gasteiger charge is 2.34. The largest absolute Gasteiger partial charge is 0.484 e. The molecule has 0 radical (unpaired) electrons. The van der Waals surface area contributed by atoms with Crippen LogP contribution >= 0.6 is 0 Å². The number of nitrogens with one attached hydrogen (secondary N) is 1. The first-order chi connectivity index (χ1) is 10.4. The minimum absolute atomic E-state index is 0.0405. The van der Waals surface area contributed by atoms with Crippen molar-refractivity contribution in [3.8, 4) is 5.75 Å². The number of Topliss-reactive ketones (excluding diaryl/α,β-unsaturated/α-hetero) is 1. The van der Waals surface area contributed by atoms with Crippen LogP contribution in [0.4, 0.5) is 5.69 Å². The van der Waals surface area contributed by atoms with Crippen molar-refractivity contribution >= 4 is 17.4 Å². The highest BCUT2D eigenvalue weighted by molar-refractivity contribution is 6.03. The minimum Gasteiger partial charge on any atom is -0.484 e. The van der Waals surface area contributed by atoms with Gasteiger partial charge in [0.05, 0.1) is 18.3 Å². The second-order valence-corrected chi connectivity index (χ2v) is 6.66. The second-order valence-electron chi connectivity index (χ2n) is 6.66. The van der Waals surface area contributed by atoms with Crippen LogP contribution in [-0.2, 0) is 4.79 Å². The minimum atomic E-state index is -0.433. The topological polar surface area (TPSA) is 58.6 Å². The van der Waals surface area contributed by atoms with Crippen LogP contribution < -0.4 is 15.0 Å². The van der Waals surface area contributed by atoms with E-state index in [9.17, 15) is 9.59 Å². The number of ketones is 1. The van der Waals surface area contributed by atoms with Crippen LogP contribution in [-0.4, -0.2) is 36.4 Å². The molecular formula is C17H22N2O3. The number of fused-ring (bicyclic) bond motifs is 1. The number of hydrogen-bond donors (Lipinski definition) is 1. The monoisotopic (exact) mass is 302 g/mol. The summed E-state index contributed by atoms with van der Waals surface area (Å²) in [4.78, 5) is 26.2. The molecule has 1 atom stereocenters. The summed E-state index contributed by atoms with van der Waals surface area (Å²) in [6.07, 6.45) is 1.90. The van der Waals surface area contributed by atoms with E-state index in [0.717, 1.165) is 19.4 Å². The molecule has 0 spiro atoms. The highest BCUT2D eigenvalue weighted by atomic mass is 16.5. The van der Waals surface area contributed by atoms with E-state index in [1.165, 1.54) is 6.92 Å². The molecule has 3 rings (SSSR count). The number of nitrogens with zero attached hydrogens (tertiary/aromatic N) is 1. The molecule has 0 aliphatic carbocycles. The van der Waals surface area contributed by atoms with Crippen molar-refractivity contribution in [2.75, 3.05) is 18.0 Å². The predicted octanol–water partition coefficient (Wildman–Crippen LogP) is 2.15. The Morgan fingerprint density at radius 2 is 2.14 bits per heavy atom. The SMILES string of the molecule is CC(=O)N1CC(C)(C)Oc2ccc(C(=O)C3CCCN3)cc21. The Bertz CT molecular complexity index is 618. The summed E-state index contributed by atoms with van der Waals surface area (Å²) in [5, 5.41) is 3.22. The Kier molecular flexibility index (Phi) is 3.68. The normalized spacial score (nSPS) is 22.9. The Morgan fingerprint density at radius 3 is 2.77 bits per heavy atom. The molecular weight excluding hydrogens is 280 g/mol. The smallest absolute Gasteiger partial charge is 0.224 e. The lowest BCUT2D eigenvalue weighted by Crippen LogP contribution is -2.48. The highest BCUT2D eigenvalue weighted by Crippen LogP contribution is 2.38. The van der Waals surface area contributed by atoms with Crippen LogP contribution in [0.2, 0.25) is 0 Å². The number of rotatable bonds is 2. The van der Waals surface area contributed by atoms with E-state index in [0.29, 0.717) is 23.5 Å². The van der Waals surface area contributed by atoms with E-state index >= 15 is 0 Å². The molecule has 1 aromatic carbocycles. The summed E-state index contributed by atoms with van der Waals surface area (Å²) < 4.78 is 5.94. The maximum absolute atomic E-state index is 12.5. The lowest BCUT2D eigenvalue weighted by Gasteiger charge is -2.39. The van der Waals surface area contributed by atoms with Crippen LogP contribution in [0.1, 0.15) is 44.0 Å². The summed E-state index contributed by atoms with van der Waals surface area (Å²) in [7, 11) is 0. The predicted molar refractivity (Wildman–Crippen MR) is 84.5 cm³/mol. The third kappa shape index (κ3) is 2.73. The molecule has 2 heterocycles. The zero-order valence-electron chi connectivity index (χ0n) is 13.3. The molecule has 2 aliphatic heterocycles. The van der Waals surface area contributed by atoms with E-state index in [-0.39, 0.29) is 17.7 Å². The van der Waals surface area contributed by atoms with Gasteiger partial charge in [-0.3, -0.25) is 9.59 Å². The Labute approximate surface area is 130 Å². The molecule has 1 N–H and O–H groups in total. The van der Waals surface area contributed by atoms with Gasteiger partial charge in [-0.2, -0.15) is 0 Å². The van der Waals surface area contributed by atoms with Crippen molar-refractivity contribution < 1.29 is 14.3 Å². The van der Waals surface area contributed by atoms with Crippen LogP contribution in [0, 0.1) is 0 Å². The standard InChI is InChI=1S/C17H22N2O3/c1-11(20)19-10-17(2,3)22-15-7-6-12(9-14(15)19)16(21)13-5-4-8-18-13/h6-7,9,13,18H,4-5,8,10H2,1-3H3. The fourth-order valence-electron chi connectivity index (χ4n) is 3.15. The third-order valence-electron chi connectivity index (χ3n) is 4.22. The van der Waals surface area contributed by atoms with Gasteiger partial charge in [0, 0.05) is 12.5 Å². The Morgan fingerprint density at radius 1 is 1.36 bits per heavy atom. The number of amides is 1. The fourth-order valence-corrected chi connectivity index (χ4v) is 3.15. The van der Waals surface area contributed by atoms with Gasteiger partial charge in [-0.05, 0) is 51.4 Å². The molecule has 1 saturated heterocycles. The molecule has 0 aromatic heterocycles. The van der Waals surface area contributed by atoms with Gasteiger partial charge in [0.1, 0.15) is 11.4 Å². The van der Waals surface area contributed by atoms with Crippen molar-refractivity contribution in [1.82, 2.24) is 5.32 Å². The summed E-state index contributed by atoms with van der Waals surface area (Å²) in [5.41, 5.74) is 0.889. The first kappa shape index (κ1) is 15.0. The molecule has 2 aliphatic rings. The molecule has 1 aromatic rings. The van der Waals surface area contributed by atoms with Crippen LogP contribution in [0.25, 0.3) is 0 Å². The second kappa shape index (κ2) is 5.39. The molecule has 22 heavy (non-hydrogen) atoms. The first-order valence-corrected chi connectivity index (χ1v) is 7.76. The van der Waals surface area contributed by atoms with Gasteiger partial charge in [-0.1, -0.05) is 0 Å². The number of benzene rings is 1. The summed E-state index contributed by atoms with van der Waals surface area (Å²) >= 11 is 0. The third-order valence-corrected chi connectivity index (χ3v) is 4.22. The Balaban J connectivity index is 1.96. The van der Waals surface area contributed by atoms with Gasteiger partial charge in [-0.15, -0.1) is 0 Å². The molecule has 0 saturated carbocycles. The quantitative estimate of drug-likeness (QED) is 0.850. The van der Waals surface area contributed by atoms with Gasteiger partial charge in [0.2, 0.25) is 5.91 Å². The maximum atomic E-state index is 12.5. The molecule has 0 bridgehead atoms. The van der Waals surface area contributed by atoms with Gasteiger partial charge >= 0.3 is 0 Å². The van der Waals surface area contributed by atoms with Crippen molar-refractivity contribution in [3.05, 3.63) is 23.8 Å². The molecule has 118 valence electrons. The zero-order valence-corrected chi connectivity index (χ0v) is 13.3. The van der Waals surface area contributed by atoms with Gasteiger partial charge in [0.25, 0.3) is 0 Å². The Hall–Kier alpha value is -1.88. The molecule has 5 nitrogen and oxygen atoms in total. The van der Waals surface area contributed by atoms with Crippen LogP contribution in [0.5, 0.6) is 5.75 Å². The van der Waals surface area contributed by atoms with Crippen LogP contribution in [0.3, 0.4) is 0 Å². The van der Waals surface area contributed by atoms with Crippen molar-refractivity contribution in [2.24, 2.45) is 0 Å². The molecule has 1 amide bonds. The van der Waals surface area contributed by atoms with E-state index in [2.05, 4.69) is 5.32 Å². The summed E-state index contributed by atoms with van der Waals surface area (Å²) in [6, 6.07) is 5.27.